The van der Waals surface area contributed by atoms with E-state index in [0.717, 1.165) is 13.1 Å². The zero-order chi connectivity index (χ0) is 13.7. The summed E-state index contributed by atoms with van der Waals surface area (Å²) in [6.45, 7) is 4.22. The third kappa shape index (κ3) is 3.69. The molecular formula is C16H25FN2. The molecule has 106 valence electrons. The summed E-state index contributed by atoms with van der Waals surface area (Å²) in [5, 5.41) is 3.63. The second-order valence-electron chi connectivity index (χ2n) is 5.58. The Labute approximate surface area is 116 Å². The normalized spacial score (nSPS) is 22.7. The lowest BCUT2D eigenvalue weighted by Crippen LogP contribution is -2.38. The SMILES string of the molecule is CCCNC1CCCC1CN(C)c1ccccc1F. The Morgan fingerprint density at radius 3 is 2.84 bits per heavy atom. The fourth-order valence-electron chi connectivity index (χ4n) is 3.07. The lowest BCUT2D eigenvalue weighted by atomic mass is 10.0. The van der Waals surface area contributed by atoms with Crippen LogP contribution in [0.25, 0.3) is 0 Å². The molecule has 0 aliphatic heterocycles. The van der Waals surface area contributed by atoms with Crippen LogP contribution in [0.3, 0.4) is 0 Å². The molecule has 1 aliphatic rings. The molecule has 0 amide bonds. The number of hydrogen-bond acceptors (Lipinski definition) is 2. The standard InChI is InChI=1S/C16H25FN2/c1-3-11-18-15-9-6-7-13(15)12-19(2)16-10-5-4-8-14(16)17/h4-5,8,10,13,15,18H,3,6-7,9,11-12H2,1-2H3. The van der Waals surface area contributed by atoms with E-state index in [9.17, 15) is 4.39 Å². The largest absolute Gasteiger partial charge is 0.372 e. The minimum atomic E-state index is -0.124. The Kier molecular flexibility index (Phi) is 5.20. The molecule has 2 nitrogen and oxygen atoms in total. The first-order valence-corrected chi connectivity index (χ1v) is 7.41. The number of rotatable bonds is 6. The smallest absolute Gasteiger partial charge is 0.146 e. The van der Waals surface area contributed by atoms with Gasteiger partial charge in [-0.2, -0.15) is 0 Å². The fourth-order valence-corrected chi connectivity index (χ4v) is 3.07. The van der Waals surface area contributed by atoms with Crippen molar-refractivity contribution < 1.29 is 4.39 Å². The summed E-state index contributed by atoms with van der Waals surface area (Å²) in [6.07, 6.45) is 4.97. The van der Waals surface area contributed by atoms with Crippen molar-refractivity contribution in [2.45, 2.75) is 38.6 Å². The molecule has 1 aromatic rings. The van der Waals surface area contributed by atoms with Gasteiger partial charge < -0.3 is 10.2 Å². The monoisotopic (exact) mass is 264 g/mol. The van der Waals surface area contributed by atoms with E-state index in [1.807, 2.05) is 19.2 Å². The van der Waals surface area contributed by atoms with Crippen LogP contribution in [0, 0.1) is 11.7 Å². The Hall–Kier alpha value is -1.09. The second-order valence-corrected chi connectivity index (χ2v) is 5.58. The summed E-state index contributed by atoms with van der Waals surface area (Å²) in [6, 6.07) is 7.64. The van der Waals surface area contributed by atoms with E-state index in [1.165, 1.54) is 31.7 Å². The molecule has 1 aromatic carbocycles. The van der Waals surface area contributed by atoms with Gasteiger partial charge in [-0.05, 0) is 43.9 Å². The van der Waals surface area contributed by atoms with Crippen molar-refractivity contribution in [3.8, 4) is 0 Å². The van der Waals surface area contributed by atoms with E-state index in [1.54, 1.807) is 6.07 Å². The van der Waals surface area contributed by atoms with E-state index in [2.05, 4.69) is 17.1 Å². The number of benzene rings is 1. The van der Waals surface area contributed by atoms with Crippen molar-refractivity contribution in [2.24, 2.45) is 5.92 Å². The quantitative estimate of drug-likeness (QED) is 0.847. The lowest BCUT2D eigenvalue weighted by molar-refractivity contribution is 0.402. The van der Waals surface area contributed by atoms with Gasteiger partial charge in [0.25, 0.3) is 0 Å². The molecule has 0 heterocycles. The van der Waals surface area contributed by atoms with Crippen LogP contribution in [0.15, 0.2) is 24.3 Å². The van der Waals surface area contributed by atoms with Crippen LogP contribution in [0.2, 0.25) is 0 Å². The van der Waals surface area contributed by atoms with E-state index in [0.29, 0.717) is 17.6 Å². The third-order valence-electron chi connectivity index (χ3n) is 4.09. The van der Waals surface area contributed by atoms with Crippen LogP contribution in [0.1, 0.15) is 32.6 Å². The minimum Gasteiger partial charge on any atom is -0.372 e. The molecule has 1 saturated carbocycles. The number of nitrogens with zero attached hydrogens (tertiary/aromatic N) is 1. The van der Waals surface area contributed by atoms with Crippen molar-refractivity contribution in [1.29, 1.82) is 0 Å². The van der Waals surface area contributed by atoms with E-state index in [-0.39, 0.29) is 5.82 Å². The number of nitrogens with one attached hydrogen (secondary N) is 1. The van der Waals surface area contributed by atoms with Crippen molar-refractivity contribution >= 4 is 5.69 Å². The van der Waals surface area contributed by atoms with Gasteiger partial charge in [-0.15, -0.1) is 0 Å². The molecule has 0 radical (unpaired) electrons. The molecule has 1 aliphatic carbocycles. The summed E-state index contributed by atoms with van der Waals surface area (Å²) < 4.78 is 13.8. The summed E-state index contributed by atoms with van der Waals surface area (Å²) in [5.41, 5.74) is 0.712. The van der Waals surface area contributed by atoms with Crippen LogP contribution >= 0.6 is 0 Å². The third-order valence-corrected chi connectivity index (χ3v) is 4.09. The molecule has 1 fully saturated rings. The van der Waals surface area contributed by atoms with Gasteiger partial charge in [0.2, 0.25) is 0 Å². The molecule has 2 rings (SSSR count). The predicted octanol–water partition coefficient (Wildman–Crippen LogP) is 3.43. The van der Waals surface area contributed by atoms with Gasteiger partial charge >= 0.3 is 0 Å². The first-order valence-electron chi connectivity index (χ1n) is 7.41. The topological polar surface area (TPSA) is 15.3 Å². The average molecular weight is 264 g/mol. The first-order chi connectivity index (χ1) is 9.22. The first kappa shape index (κ1) is 14.3. The molecule has 1 N–H and O–H groups in total. The maximum absolute atomic E-state index is 13.8. The van der Waals surface area contributed by atoms with Gasteiger partial charge in [-0.25, -0.2) is 4.39 Å². The van der Waals surface area contributed by atoms with Crippen molar-refractivity contribution in [1.82, 2.24) is 5.32 Å². The van der Waals surface area contributed by atoms with Gasteiger partial charge in [-0.3, -0.25) is 0 Å². The molecule has 19 heavy (non-hydrogen) atoms. The van der Waals surface area contributed by atoms with Gasteiger partial charge in [-0.1, -0.05) is 25.5 Å². The number of hydrogen-bond donors (Lipinski definition) is 1. The van der Waals surface area contributed by atoms with Crippen LogP contribution < -0.4 is 10.2 Å². The maximum atomic E-state index is 13.8. The zero-order valence-electron chi connectivity index (χ0n) is 12.0. The van der Waals surface area contributed by atoms with Gasteiger partial charge in [0.1, 0.15) is 5.82 Å². The molecule has 2 atom stereocenters. The van der Waals surface area contributed by atoms with Crippen LogP contribution in [-0.2, 0) is 0 Å². The number of halogens is 1. The molecule has 0 spiro atoms. The van der Waals surface area contributed by atoms with Crippen molar-refractivity contribution in [2.75, 3.05) is 25.0 Å². The molecular weight excluding hydrogens is 239 g/mol. The zero-order valence-corrected chi connectivity index (χ0v) is 12.0. The molecule has 0 bridgehead atoms. The lowest BCUT2D eigenvalue weighted by Gasteiger charge is -2.28. The Morgan fingerprint density at radius 2 is 2.11 bits per heavy atom. The van der Waals surface area contributed by atoms with E-state index < -0.39 is 0 Å². The fraction of sp³-hybridized carbons (Fsp3) is 0.625. The summed E-state index contributed by atoms with van der Waals surface area (Å²) >= 11 is 0. The van der Waals surface area contributed by atoms with E-state index in [4.69, 9.17) is 0 Å². The highest BCUT2D eigenvalue weighted by Gasteiger charge is 2.27. The minimum absolute atomic E-state index is 0.124. The maximum Gasteiger partial charge on any atom is 0.146 e. The summed E-state index contributed by atoms with van der Waals surface area (Å²) in [4.78, 5) is 2.06. The summed E-state index contributed by atoms with van der Waals surface area (Å²) in [5.74, 6) is 0.511. The summed E-state index contributed by atoms with van der Waals surface area (Å²) in [7, 11) is 1.99. The Bertz CT molecular complexity index is 394. The van der Waals surface area contributed by atoms with Crippen LogP contribution in [0.4, 0.5) is 10.1 Å². The van der Waals surface area contributed by atoms with Crippen molar-refractivity contribution in [3.63, 3.8) is 0 Å². The molecule has 3 heteroatoms. The van der Waals surface area contributed by atoms with E-state index >= 15 is 0 Å². The Balaban J connectivity index is 1.94. The molecule has 0 aromatic heterocycles. The average Bonchev–Trinajstić information content (AvgIpc) is 2.84. The molecule has 2 unspecified atom stereocenters. The highest BCUT2D eigenvalue weighted by atomic mass is 19.1. The Morgan fingerprint density at radius 1 is 1.32 bits per heavy atom. The van der Waals surface area contributed by atoms with Crippen molar-refractivity contribution in [3.05, 3.63) is 30.1 Å². The van der Waals surface area contributed by atoms with Gasteiger partial charge in [0.15, 0.2) is 0 Å². The predicted molar refractivity (Wildman–Crippen MR) is 79.1 cm³/mol. The van der Waals surface area contributed by atoms with Crippen LogP contribution in [-0.4, -0.2) is 26.2 Å². The second kappa shape index (κ2) is 6.90. The number of anilines is 1. The van der Waals surface area contributed by atoms with Gasteiger partial charge in [0.05, 0.1) is 5.69 Å². The highest BCUT2D eigenvalue weighted by Crippen LogP contribution is 2.28. The van der Waals surface area contributed by atoms with Crippen LogP contribution in [0.5, 0.6) is 0 Å². The number of para-hydroxylation sites is 1. The molecule has 0 saturated heterocycles. The highest BCUT2D eigenvalue weighted by molar-refractivity contribution is 5.46. The van der Waals surface area contributed by atoms with Gasteiger partial charge in [0, 0.05) is 19.6 Å².